The minimum absolute atomic E-state index is 0.0408. The molecule has 0 fully saturated rings. The summed E-state index contributed by atoms with van der Waals surface area (Å²) in [6.45, 7) is 1.83. The number of anilines is 1. The highest BCUT2D eigenvalue weighted by Gasteiger charge is 2.30. The van der Waals surface area contributed by atoms with Gasteiger partial charge in [-0.05, 0) is 30.7 Å². The van der Waals surface area contributed by atoms with Gasteiger partial charge < -0.3 is 4.84 Å². The highest BCUT2D eigenvalue weighted by Crippen LogP contribution is 2.38. The van der Waals surface area contributed by atoms with Crippen LogP contribution in [0.3, 0.4) is 0 Å². The number of hydrogen-bond acceptors (Lipinski definition) is 4. The van der Waals surface area contributed by atoms with E-state index in [-0.39, 0.29) is 10.9 Å². The quantitative estimate of drug-likeness (QED) is 0.945. The van der Waals surface area contributed by atoms with Crippen LogP contribution >= 0.6 is 0 Å². The van der Waals surface area contributed by atoms with Crippen molar-refractivity contribution in [2.75, 3.05) is 5.06 Å². The average Bonchev–Trinajstić information content (AvgIpc) is 2.89. The van der Waals surface area contributed by atoms with Crippen LogP contribution < -0.4 is 10.2 Å². The minimum atomic E-state index is -3.84. The molecule has 6 heteroatoms. The predicted octanol–water partition coefficient (Wildman–Crippen LogP) is 2.73. The maximum Gasteiger partial charge on any atom is 0.240 e. The van der Waals surface area contributed by atoms with E-state index < -0.39 is 10.0 Å². The van der Waals surface area contributed by atoms with Crippen LogP contribution in [0, 0.1) is 0 Å². The van der Waals surface area contributed by atoms with Crippen LogP contribution in [-0.4, -0.2) is 8.42 Å². The number of nitrogens with zero attached hydrogens (tertiary/aromatic N) is 1. The van der Waals surface area contributed by atoms with Crippen LogP contribution in [0.5, 0.6) is 0 Å². The van der Waals surface area contributed by atoms with Crippen molar-refractivity contribution in [3.63, 3.8) is 0 Å². The Bertz CT molecular complexity index is 816. The van der Waals surface area contributed by atoms with E-state index in [1.165, 1.54) is 6.07 Å². The van der Waals surface area contributed by atoms with Crippen LogP contribution in [0.15, 0.2) is 71.3 Å². The van der Waals surface area contributed by atoms with Crippen molar-refractivity contribution in [2.24, 2.45) is 5.14 Å². The predicted molar refractivity (Wildman–Crippen MR) is 84.3 cm³/mol. The smallest absolute Gasteiger partial charge is 0.240 e. The molecule has 0 aliphatic carbocycles. The fourth-order valence-electron chi connectivity index (χ4n) is 2.49. The first-order valence-electron chi connectivity index (χ1n) is 6.79. The molecule has 0 saturated heterocycles. The van der Waals surface area contributed by atoms with Crippen molar-refractivity contribution in [3.05, 3.63) is 72.0 Å². The molecule has 2 N–H and O–H groups in total. The van der Waals surface area contributed by atoms with Gasteiger partial charge in [0, 0.05) is 0 Å². The molecule has 2 aromatic rings. The van der Waals surface area contributed by atoms with E-state index in [4.69, 9.17) is 9.98 Å². The summed E-state index contributed by atoms with van der Waals surface area (Å²) in [7, 11) is -3.84. The molecule has 0 spiro atoms. The Kier molecular flexibility index (Phi) is 3.64. The number of nitrogens with two attached hydrogens (primary N) is 1. The van der Waals surface area contributed by atoms with Gasteiger partial charge in [0.15, 0.2) is 0 Å². The summed E-state index contributed by atoms with van der Waals surface area (Å²) in [5.74, 6) is 0.707. The number of rotatable bonds is 3. The second-order valence-electron chi connectivity index (χ2n) is 5.06. The number of primary sulfonamides is 1. The molecule has 2 aromatic carbocycles. The molecule has 0 saturated carbocycles. The van der Waals surface area contributed by atoms with Gasteiger partial charge in [-0.25, -0.2) is 13.6 Å². The first-order valence-corrected chi connectivity index (χ1v) is 8.34. The van der Waals surface area contributed by atoms with Crippen molar-refractivity contribution in [1.82, 2.24) is 0 Å². The van der Waals surface area contributed by atoms with E-state index in [1.54, 1.807) is 23.3 Å². The van der Waals surface area contributed by atoms with Gasteiger partial charge >= 0.3 is 0 Å². The molecule has 5 nitrogen and oxygen atoms in total. The molecular formula is C16H16N2O3S. The van der Waals surface area contributed by atoms with Crippen molar-refractivity contribution >= 4 is 15.7 Å². The zero-order valence-electron chi connectivity index (χ0n) is 12.0. The largest absolute Gasteiger partial charge is 0.384 e. The summed E-state index contributed by atoms with van der Waals surface area (Å²) in [6, 6.07) is 16.1. The second kappa shape index (κ2) is 5.47. The summed E-state index contributed by atoms with van der Waals surface area (Å²) in [5.41, 5.74) is 1.43. The Hall–Kier alpha value is -2.31. The van der Waals surface area contributed by atoms with Crippen molar-refractivity contribution in [3.8, 4) is 0 Å². The molecule has 1 atom stereocenters. The third kappa shape index (κ3) is 2.70. The highest BCUT2D eigenvalue weighted by atomic mass is 32.2. The van der Waals surface area contributed by atoms with E-state index in [1.807, 2.05) is 43.3 Å². The van der Waals surface area contributed by atoms with E-state index in [2.05, 4.69) is 0 Å². The van der Waals surface area contributed by atoms with Gasteiger partial charge in [0.05, 0.1) is 5.69 Å². The number of hydrogen-bond donors (Lipinski definition) is 1. The van der Waals surface area contributed by atoms with E-state index >= 15 is 0 Å². The number of allylic oxidation sites excluding steroid dienone is 1. The monoisotopic (exact) mass is 316 g/mol. The Morgan fingerprint density at radius 1 is 1.05 bits per heavy atom. The fourth-order valence-corrected chi connectivity index (χ4v) is 3.21. The molecule has 1 aliphatic rings. The van der Waals surface area contributed by atoms with Gasteiger partial charge in [-0.1, -0.05) is 42.5 Å². The van der Waals surface area contributed by atoms with E-state index in [9.17, 15) is 8.42 Å². The SMILES string of the molecule is CC1=CC(c2ccccc2)N(c2ccccc2S(N)(=O)=O)O1. The average molecular weight is 316 g/mol. The lowest BCUT2D eigenvalue weighted by Gasteiger charge is -2.26. The summed E-state index contributed by atoms with van der Waals surface area (Å²) < 4.78 is 23.6. The Morgan fingerprint density at radius 2 is 1.68 bits per heavy atom. The maximum absolute atomic E-state index is 11.8. The van der Waals surface area contributed by atoms with Crippen LogP contribution in [-0.2, 0) is 14.9 Å². The normalized spacial score (nSPS) is 18.0. The topological polar surface area (TPSA) is 72.6 Å². The van der Waals surface area contributed by atoms with E-state index in [0.717, 1.165) is 5.56 Å². The molecule has 0 aromatic heterocycles. The molecule has 114 valence electrons. The fraction of sp³-hybridized carbons (Fsp3) is 0.125. The molecule has 1 aliphatic heterocycles. The number of sulfonamides is 1. The van der Waals surface area contributed by atoms with E-state index in [0.29, 0.717) is 11.4 Å². The molecule has 0 amide bonds. The van der Waals surface area contributed by atoms with Gasteiger partial charge in [0.2, 0.25) is 10.0 Å². The van der Waals surface area contributed by atoms with Crippen LogP contribution in [0.25, 0.3) is 0 Å². The van der Waals surface area contributed by atoms with Crippen molar-refractivity contribution in [1.29, 1.82) is 0 Å². The number of benzene rings is 2. The first kappa shape index (κ1) is 14.6. The molecule has 1 unspecified atom stereocenters. The summed E-state index contributed by atoms with van der Waals surface area (Å²) in [6.07, 6.45) is 1.94. The molecule has 0 radical (unpaired) electrons. The zero-order valence-corrected chi connectivity index (χ0v) is 12.8. The third-order valence-corrected chi connectivity index (χ3v) is 4.40. The van der Waals surface area contributed by atoms with Gasteiger partial charge in [-0.2, -0.15) is 5.06 Å². The van der Waals surface area contributed by atoms with Gasteiger partial charge in [-0.3, -0.25) is 0 Å². The lowest BCUT2D eigenvalue weighted by molar-refractivity contribution is 0.194. The number of hydroxylamine groups is 1. The summed E-state index contributed by atoms with van der Waals surface area (Å²) >= 11 is 0. The summed E-state index contributed by atoms with van der Waals surface area (Å²) in [5, 5.41) is 6.89. The molecule has 22 heavy (non-hydrogen) atoms. The molecule has 0 bridgehead atoms. The van der Waals surface area contributed by atoms with Gasteiger partial charge in [0.1, 0.15) is 16.7 Å². The standard InChI is InChI=1S/C16H16N2O3S/c1-12-11-15(13-7-3-2-4-8-13)18(21-12)14-9-5-6-10-16(14)22(17,19)20/h2-11,15H,1H3,(H2,17,19,20). The zero-order chi connectivity index (χ0) is 15.7. The highest BCUT2D eigenvalue weighted by molar-refractivity contribution is 7.89. The third-order valence-electron chi connectivity index (χ3n) is 3.44. The van der Waals surface area contributed by atoms with Gasteiger partial charge in [0.25, 0.3) is 0 Å². The second-order valence-corrected chi connectivity index (χ2v) is 6.59. The lowest BCUT2D eigenvalue weighted by atomic mass is 10.1. The molecular weight excluding hydrogens is 300 g/mol. The Labute approximate surface area is 129 Å². The van der Waals surface area contributed by atoms with Gasteiger partial charge in [-0.15, -0.1) is 0 Å². The first-order chi connectivity index (χ1) is 10.5. The minimum Gasteiger partial charge on any atom is -0.384 e. The maximum atomic E-state index is 11.8. The Morgan fingerprint density at radius 3 is 2.36 bits per heavy atom. The van der Waals surface area contributed by atoms with Crippen molar-refractivity contribution in [2.45, 2.75) is 17.9 Å². The Balaban J connectivity index is 2.09. The van der Waals surface area contributed by atoms with Crippen molar-refractivity contribution < 1.29 is 13.3 Å². The molecule has 1 heterocycles. The van der Waals surface area contributed by atoms with Crippen LogP contribution in [0.2, 0.25) is 0 Å². The lowest BCUT2D eigenvalue weighted by Crippen LogP contribution is -2.25. The van der Waals surface area contributed by atoms with Crippen LogP contribution in [0.1, 0.15) is 18.5 Å². The number of para-hydroxylation sites is 1. The molecule has 3 rings (SSSR count). The summed E-state index contributed by atoms with van der Waals surface area (Å²) in [4.78, 5) is 5.77. The van der Waals surface area contributed by atoms with Crippen LogP contribution in [0.4, 0.5) is 5.69 Å².